The quantitative estimate of drug-likeness (QED) is 0.572. The topological polar surface area (TPSA) is 55.8 Å². The summed E-state index contributed by atoms with van der Waals surface area (Å²) < 4.78 is 10.8. The second-order valence-corrected chi connectivity index (χ2v) is 7.61. The summed E-state index contributed by atoms with van der Waals surface area (Å²) in [7, 11) is 1.54. The first-order valence-electron chi connectivity index (χ1n) is 8.28. The molecule has 0 aromatic heterocycles. The van der Waals surface area contributed by atoms with Crippen molar-refractivity contribution in [1.29, 1.82) is 0 Å². The van der Waals surface area contributed by atoms with E-state index in [1.165, 1.54) is 11.9 Å². The van der Waals surface area contributed by atoms with Gasteiger partial charge in [-0.25, -0.2) is 9.59 Å². The molecule has 0 fully saturated rings. The van der Waals surface area contributed by atoms with Crippen molar-refractivity contribution in [2.75, 3.05) is 7.05 Å². The molecular formula is C20H29NO4. The van der Waals surface area contributed by atoms with Gasteiger partial charge in [-0.3, -0.25) is 4.90 Å². The molecule has 138 valence electrons. The molecule has 0 saturated carbocycles. The molecular weight excluding hydrogens is 318 g/mol. The average molecular weight is 347 g/mol. The highest BCUT2D eigenvalue weighted by Gasteiger charge is 2.41. The van der Waals surface area contributed by atoms with Gasteiger partial charge in [0.05, 0.1) is 0 Å². The fraction of sp³-hybridized carbons (Fsp3) is 0.500. The zero-order valence-corrected chi connectivity index (χ0v) is 16.0. The van der Waals surface area contributed by atoms with E-state index in [9.17, 15) is 9.59 Å². The Labute approximate surface area is 150 Å². The van der Waals surface area contributed by atoms with Gasteiger partial charge in [-0.05, 0) is 26.3 Å². The molecule has 0 aliphatic rings. The lowest BCUT2D eigenvalue weighted by molar-refractivity contribution is -0.154. The predicted molar refractivity (Wildman–Crippen MR) is 98.0 cm³/mol. The Bertz CT molecular complexity index is 602. The number of hydrogen-bond acceptors (Lipinski definition) is 4. The molecule has 0 aliphatic carbocycles. The molecule has 1 unspecified atom stereocenters. The molecule has 1 amide bonds. The molecule has 0 N–H and O–H groups in total. The van der Waals surface area contributed by atoms with E-state index < -0.39 is 29.1 Å². The Kier molecular flexibility index (Phi) is 6.79. The van der Waals surface area contributed by atoms with Gasteiger partial charge in [0.25, 0.3) is 0 Å². The van der Waals surface area contributed by atoms with Crippen molar-refractivity contribution >= 4 is 12.1 Å². The smallest absolute Gasteiger partial charge is 0.410 e. The summed E-state index contributed by atoms with van der Waals surface area (Å²) in [5.74, 6) is -0.498. The molecule has 25 heavy (non-hydrogen) atoms. The number of benzene rings is 1. The summed E-state index contributed by atoms with van der Waals surface area (Å²) in [5, 5.41) is 0. The molecule has 1 aromatic rings. The Morgan fingerprint density at radius 2 is 1.72 bits per heavy atom. The van der Waals surface area contributed by atoms with Gasteiger partial charge < -0.3 is 9.47 Å². The Hall–Kier alpha value is -2.30. The van der Waals surface area contributed by atoms with E-state index in [0.717, 1.165) is 5.56 Å². The van der Waals surface area contributed by atoms with Crippen LogP contribution < -0.4 is 0 Å². The number of rotatable bonds is 6. The van der Waals surface area contributed by atoms with Crippen molar-refractivity contribution in [2.24, 2.45) is 5.41 Å². The number of ether oxygens (including phenoxy) is 2. The SMILES string of the molecule is C=CC(C)(C)C(C(=O)OCc1ccccc1)N(C)C(=O)OC(C)(C)C. The fourth-order valence-corrected chi connectivity index (χ4v) is 2.32. The Balaban J connectivity index is 2.94. The first-order valence-corrected chi connectivity index (χ1v) is 8.28. The van der Waals surface area contributed by atoms with Gasteiger partial charge in [0.15, 0.2) is 0 Å². The zero-order valence-electron chi connectivity index (χ0n) is 16.0. The maximum absolute atomic E-state index is 12.7. The maximum atomic E-state index is 12.7. The average Bonchev–Trinajstić information content (AvgIpc) is 2.52. The van der Waals surface area contributed by atoms with Crippen molar-refractivity contribution in [3.63, 3.8) is 0 Å². The van der Waals surface area contributed by atoms with Crippen LogP contribution in [0.5, 0.6) is 0 Å². The summed E-state index contributed by atoms with van der Waals surface area (Å²) in [4.78, 5) is 26.4. The van der Waals surface area contributed by atoms with Crippen LogP contribution >= 0.6 is 0 Å². The maximum Gasteiger partial charge on any atom is 0.410 e. The minimum absolute atomic E-state index is 0.144. The number of nitrogens with zero attached hydrogens (tertiary/aromatic N) is 1. The molecule has 0 spiro atoms. The van der Waals surface area contributed by atoms with Crippen LogP contribution in [-0.2, 0) is 20.9 Å². The van der Waals surface area contributed by atoms with Crippen LogP contribution in [-0.4, -0.2) is 35.7 Å². The van der Waals surface area contributed by atoms with E-state index in [0.29, 0.717) is 0 Å². The van der Waals surface area contributed by atoms with E-state index in [1.54, 1.807) is 26.8 Å². The normalized spacial score (nSPS) is 12.9. The van der Waals surface area contributed by atoms with Crippen molar-refractivity contribution in [3.8, 4) is 0 Å². The summed E-state index contributed by atoms with van der Waals surface area (Å²) >= 11 is 0. The second kappa shape index (κ2) is 8.19. The van der Waals surface area contributed by atoms with Crippen molar-refractivity contribution in [1.82, 2.24) is 4.90 Å². The number of carbonyl (C=O) groups excluding carboxylic acids is 2. The van der Waals surface area contributed by atoms with Crippen molar-refractivity contribution in [3.05, 3.63) is 48.6 Å². The molecule has 1 rings (SSSR count). The molecule has 5 nitrogen and oxygen atoms in total. The molecule has 0 radical (unpaired) electrons. The fourth-order valence-electron chi connectivity index (χ4n) is 2.32. The highest BCUT2D eigenvalue weighted by molar-refractivity contribution is 5.82. The third kappa shape index (κ3) is 6.25. The number of hydrogen-bond donors (Lipinski definition) is 0. The number of amides is 1. The second-order valence-electron chi connectivity index (χ2n) is 7.61. The highest BCUT2D eigenvalue weighted by atomic mass is 16.6. The summed E-state index contributed by atoms with van der Waals surface area (Å²) in [6, 6.07) is 8.55. The molecule has 1 aromatic carbocycles. The van der Waals surface area contributed by atoms with Crippen LogP contribution in [0.3, 0.4) is 0 Å². The van der Waals surface area contributed by atoms with Gasteiger partial charge >= 0.3 is 12.1 Å². The highest BCUT2D eigenvalue weighted by Crippen LogP contribution is 2.28. The van der Waals surface area contributed by atoms with Crippen LogP contribution in [0.1, 0.15) is 40.2 Å². The van der Waals surface area contributed by atoms with Crippen molar-refractivity contribution in [2.45, 2.75) is 52.9 Å². The van der Waals surface area contributed by atoms with E-state index in [2.05, 4.69) is 6.58 Å². The Morgan fingerprint density at radius 1 is 1.16 bits per heavy atom. The van der Waals surface area contributed by atoms with Crippen molar-refractivity contribution < 1.29 is 19.1 Å². The number of carbonyl (C=O) groups is 2. The van der Waals surface area contributed by atoms with Crippen LogP contribution in [0.4, 0.5) is 4.79 Å². The molecule has 0 aliphatic heterocycles. The van der Waals surface area contributed by atoms with Crippen LogP contribution in [0.25, 0.3) is 0 Å². The van der Waals surface area contributed by atoms with E-state index in [4.69, 9.17) is 9.47 Å². The number of esters is 1. The lowest BCUT2D eigenvalue weighted by Gasteiger charge is -2.37. The van der Waals surface area contributed by atoms with Gasteiger partial charge in [-0.15, -0.1) is 6.58 Å². The monoisotopic (exact) mass is 347 g/mol. The lowest BCUT2D eigenvalue weighted by atomic mass is 9.83. The molecule has 5 heteroatoms. The Morgan fingerprint density at radius 3 is 2.20 bits per heavy atom. The van der Waals surface area contributed by atoms with Gasteiger partial charge in [0.2, 0.25) is 0 Å². The van der Waals surface area contributed by atoms with E-state index in [1.807, 2.05) is 44.2 Å². The molecule has 0 bridgehead atoms. The van der Waals surface area contributed by atoms with E-state index in [-0.39, 0.29) is 6.61 Å². The van der Waals surface area contributed by atoms with Crippen LogP contribution in [0, 0.1) is 5.41 Å². The first-order chi connectivity index (χ1) is 11.5. The van der Waals surface area contributed by atoms with E-state index >= 15 is 0 Å². The standard InChI is InChI=1S/C20H29NO4/c1-8-20(5,6)16(21(7)18(23)25-19(2,3)4)17(22)24-14-15-12-10-9-11-13-15/h8-13,16H,1,14H2,2-7H3. The zero-order chi connectivity index (χ0) is 19.3. The number of likely N-dealkylation sites (N-methyl/N-ethyl adjacent to an activating group) is 1. The summed E-state index contributed by atoms with van der Waals surface area (Å²) in [6.45, 7) is 12.9. The molecule has 0 heterocycles. The van der Waals surface area contributed by atoms with Crippen LogP contribution in [0.15, 0.2) is 43.0 Å². The molecule has 0 saturated heterocycles. The van der Waals surface area contributed by atoms with Crippen LogP contribution in [0.2, 0.25) is 0 Å². The van der Waals surface area contributed by atoms with Gasteiger partial charge in [0, 0.05) is 12.5 Å². The minimum atomic E-state index is -0.844. The third-order valence-electron chi connectivity index (χ3n) is 3.75. The summed E-state index contributed by atoms with van der Waals surface area (Å²) in [6.07, 6.45) is 1.06. The largest absolute Gasteiger partial charge is 0.459 e. The van der Waals surface area contributed by atoms with Gasteiger partial charge in [-0.1, -0.05) is 50.3 Å². The predicted octanol–water partition coefficient (Wildman–Crippen LogP) is 4.18. The van der Waals surface area contributed by atoms with Gasteiger partial charge in [-0.2, -0.15) is 0 Å². The minimum Gasteiger partial charge on any atom is -0.459 e. The van der Waals surface area contributed by atoms with Gasteiger partial charge in [0.1, 0.15) is 18.2 Å². The first kappa shape index (κ1) is 20.7. The lowest BCUT2D eigenvalue weighted by Crippen LogP contribution is -2.52. The molecule has 1 atom stereocenters. The third-order valence-corrected chi connectivity index (χ3v) is 3.75. The summed E-state index contributed by atoms with van der Waals surface area (Å²) in [5.41, 5.74) is -0.451.